The Balaban J connectivity index is 1.60. The van der Waals surface area contributed by atoms with Crippen LogP contribution in [0.4, 0.5) is 0 Å². The van der Waals surface area contributed by atoms with Crippen molar-refractivity contribution in [3.8, 4) is 11.5 Å². The molecule has 8 nitrogen and oxygen atoms in total. The smallest absolute Gasteiger partial charge is 0.290 e. The molecule has 184 valence electrons. The molecule has 1 unspecified atom stereocenters. The van der Waals surface area contributed by atoms with Gasteiger partial charge in [-0.05, 0) is 31.5 Å². The summed E-state index contributed by atoms with van der Waals surface area (Å²) in [6.45, 7) is 6.45. The number of hydrogen-bond acceptors (Lipinski definition) is 7. The average molecular weight is 479 g/mol. The van der Waals surface area contributed by atoms with Crippen molar-refractivity contribution in [2.75, 3.05) is 53.6 Å². The van der Waals surface area contributed by atoms with Crippen LogP contribution in [0.3, 0.4) is 0 Å². The van der Waals surface area contributed by atoms with Crippen molar-refractivity contribution in [3.05, 3.63) is 69.1 Å². The van der Waals surface area contributed by atoms with Crippen LogP contribution in [0, 0.1) is 6.92 Å². The molecule has 1 aromatic heterocycles. The number of carbonyl (C=O) groups excluding carboxylic acids is 1. The van der Waals surface area contributed by atoms with Gasteiger partial charge in [0.15, 0.2) is 16.9 Å². The van der Waals surface area contributed by atoms with Crippen molar-refractivity contribution in [3.63, 3.8) is 0 Å². The number of amides is 1. The molecule has 2 aliphatic heterocycles. The van der Waals surface area contributed by atoms with Gasteiger partial charge in [-0.3, -0.25) is 14.5 Å². The first-order chi connectivity index (χ1) is 17.0. The lowest BCUT2D eigenvalue weighted by molar-refractivity contribution is 0.0353. The van der Waals surface area contributed by atoms with Crippen molar-refractivity contribution in [2.24, 2.45) is 0 Å². The van der Waals surface area contributed by atoms with Crippen molar-refractivity contribution >= 4 is 16.9 Å². The van der Waals surface area contributed by atoms with E-state index in [1.54, 1.807) is 31.3 Å². The normalized spacial score (nSPS) is 18.2. The molecule has 0 radical (unpaired) electrons. The van der Waals surface area contributed by atoms with E-state index in [1.165, 1.54) is 0 Å². The minimum Gasteiger partial charge on any atom is -0.493 e. The van der Waals surface area contributed by atoms with Gasteiger partial charge in [0.1, 0.15) is 5.58 Å². The molecule has 35 heavy (non-hydrogen) atoms. The number of fused-ring (bicyclic) bond motifs is 2. The molecule has 1 fully saturated rings. The number of methoxy groups -OCH3 is 2. The fourth-order valence-electron chi connectivity index (χ4n) is 5.10. The van der Waals surface area contributed by atoms with E-state index in [0.29, 0.717) is 40.1 Å². The van der Waals surface area contributed by atoms with E-state index < -0.39 is 6.04 Å². The number of benzene rings is 2. The molecule has 3 aromatic rings. The predicted molar refractivity (Wildman–Crippen MR) is 132 cm³/mol. The molecule has 1 saturated heterocycles. The standard InChI is InChI=1S/C27H30N2O6/c1-17-8-9-20-19(16-17)24(30)22-23(18-6-4-7-21(32-2)25(18)33-3)29(27(31)26(22)35-20)11-5-10-28-12-14-34-15-13-28/h4,6-9,16,23H,5,10-15H2,1-3H3. The third kappa shape index (κ3) is 4.17. The van der Waals surface area contributed by atoms with Crippen LogP contribution < -0.4 is 14.9 Å². The Labute approximate surface area is 204 Å². The van der Waals surface area contributed by atoms with Gasteiger partial charge >= 0.3 is 0 Å². The van der Waals surface area contributed by atoms with Crippen molar-refractivity contribution < 1.29 is 23.4 Å². The van der Waals surface area contributed by atoms with Gasteiger partial charge in [0.2, 0.25) is 5.76 Å². The fraction of sp³-hybridized carbons (Fsp3) is 0.407. The maximum atomic E-state index is 13.8. The molecular weight excluding hydrogens is 448 g/mol. The molecule has 1 amide bonds. The van der Waals surface area contributed by atoms with Crippen molar-refractivity contribution in [1.29, 1.82) is 0 Å². The van der Waals surface area contributed by atoms with Crippen LogP contribution in [0.2, 0.25) is 0 Å². The number of para-hydroxylation sites is 1. The lowest BCUT2D eigenvalue weighted by Crippen LogP contribution is -2.39. The minimum atomic E-state index is -0.631. The predicted octanol–water partition coefficient (Wildman–Crippen LogP) is 3.39. The zero-order chi connectivity index (χ0) is 24.5. The van der Waals surface area contributed by atoms with Gasteiger partial charge < -0.3 is 23.5 Å². The Morgan fingerprint density at radius 2 is 1.83 bits per heavy atom. The van der Waals surface area contributed by atoms with Gasteiger partial charge in [-0.2, -0.15) is 0 Å². The van der Waals surface area contributed by atoms with Gasteiger partial charge in [-0.15, -0.1) is 0 Å². The highest BCUT2D eigenvalue weighted by molar-refractivity contribution is 5.99. The Hall–Kier alpha value is -3.36. The van der Waals surface area contributed by atoms with E-state index >= 15 is 0 Å². The monoisotopic (exact) mass is 478 g/mol. The number of nitrogens with zero attached hydrogens (tertiary/aromatic N) is 2. The molecule has 1 atom stereocenters. The first-order valence-electron chi connectivity index (χ1n) is 11.9. The van der Waals surface area contributed by atoms with E-state index in [-0.39, 0.29) is 17.1 Å². The zero-order valence-electron chi connectivity index (χ0n) is 20.3. The molecule has 5 rings (SSSR count). The van der Waals surface area contributed by atoms with Crippen LogP contribution in [-0.4, -0.2) is 69.3 Å². The number of morpholine rings is 1. The van der Waals surface area contributed by atoms with Crippen LogP contribution in [0.5, 0.6) is 11.5 Å². The fourth-order valence-corrected chi connectivity index (χ4v) is 5.10. The maximum Gasteiger partial charge on any atom is 0.290 e. The lowest BCUT2D eigenvalue weighted by Gasteiger charge is -2.29. The topological polar surface area (TPSA) is 81.5 Å². The number of carbonyl (C=O) groups is 1. The SMILES string of the molecule is COc1cccc(C2c3c(oc4ccc(C)cc4c3=O)C(=O)N2CCCN2CCOCC2)c1OC. The lowest BCUT2D eigenvalue weighted by atomic mass is 9.97. The van der Waals surface area contributed by atoms with E-state index in [4.69, 9.17) is 18.6 Å². The molecule has 8 heteroatoms. The number of aryl methyl sites for hydroxylation is 1. The molecule has 0 saturated carbocycles. The second-order valence-electron chi connectivity index (χ2n) is 8.96. The summed E-state index contributed by atoms with van der Waals surface area (Å²) in [7, 11) is 3.13. The second-order valence-corrected chi connectivity index (χ2v) is 8.96. The summed E-state index contributed by atoms with van der Waals surface area (Å²) >= 11 is 0. The van der Waals surface area contributed by atoms with Crippen LogP contribution in [0.1, 0.15) is 39.7 Å². The molecule has 0 bridgehead atoms. The quantitative estimate of drug-likeness (QED) is 0.515. The minimum absolute atomic E-state index is 0.104. The first kappa shape index (κ1) is 23.4. The van der Waals surface area contributed by atoms with Crippen LogP contribution in [-0.2, 0) is 4.74 Å². The van der Waals surface area contributed by atoms with Gasteiger partial charge in [-0.25, -0.2) is 0 Å². The summed E-state index contributed by atoms with van der Waals surface area (Å²) < 4.78 is 22.7. The number of ether oxygens (including phenoxy) is 3. The highest BCUT2D eigenvalue weighted by atomic mass is 16.5. The summed E-state index contributed by atoms with van der Waals surface area (Å²) in [4.78, 5) is 31.5. The molecule has 3 heterocycles. The Morgan fingerprint density at radius 3 is 2.57 bits per heavy atom. The Morgan fingerprint density at radius 1 is 1.03 bits per heavy atom. The van der Waals surface area contributed by atoms with Gasteiger partial charge in [0, 0.05) is 31.7 Å². The largest absolute Gasteiger partial charge is 0.493 e. The van der Waals surface area contributed by atoms with Crippen molar-refractivity contribution in [2.45, 2.75) is 19.4 Å². The van der Waals surface area contributed by atoms with E-state index in [0.717, 1.165) is 44.8 Å². The van der Waals surface area contributed by atoms with Gasteiger partial charge in [0.25, 0.3) is 5.91 Å². The molecular formula is C27H30N2O6. The molecule has 2 aliphatic rings. The molecule has 0 N–H and O–H groups in total. The molecule has 0 spiro atoms. The average Bonchev–Trinajstić information content (AvgIpc) is 3.16. The van der Waals surface area contributed by atoms with Crippen LogP contribution in [0.15, 0.2) is 45.6 Å². The summed E-state index contributed by atoms with van der Waals surface area (Å²) in [5.41, 5.74) is 2.23. The summed E-state index contributed by atoms with van der Waals surface area (Å²) in [6.07, 6.45) is 0.759. The molecule has 2 aromatic carbocycles. The highest BCUT2D eigenvalue weighted by Crippen LogP contribution is 2.44. The summed E-state index contributed by atoms with van der Waals surface area (Å²) in [5, 5.41) is 0.471. The third-order valence-electron chi connectivity index (χ3n) is 6.83. The summed E-state index contributed by atoms with van der Waals surface area (Å²) in [6, 6.07) is 10.3. The van der Waals surface area contributed by atoms with E-state index in [1.807, 2.05) is 31.2 Å². The van der Waals surface area contributed by atoms with E-state index in [9.17, 15) is 9.59 Å². The maximum absolute atomic E-state index is 13.8. The zero-order valence-corrected chi connectivity index (χ0v) is 20.3. The van der Waals surface area contributed by atoms with Gasteiger partial charge in [-0.1, -0.05) is 23.8 Å². The van der Waals surface area contributed by atoms with Crippen LogP contribution >= 0.6 is 0 Å². The second kappa shape index (κ2) is 9.71. The van der Waals surface area contributed by atoms with Crippen molar-refractivity contribution in [1.82, 2.24) is 9.80 Å². The molecule has 0 aliphatic carbocycles. The first-order valence-corrected chi connectivity index (χ1v) is 11.9. The van der Waals surface area contributed by atoms with Crippen LogP contribution in [0.25, 0.3) is 11.0 Å². The Kier molecular flexibility index (Phi) is 6.49. The highest BCUT2D eigenvalue weighted by Gasteiger charge is 2.44. The Bertz CT molecular complexity index is 1310. The number of hydrogen-bond donors (Lipinski definition) is 0. The third-order valence-corrected chi connectivity index (χ3v) is 6.83. The van der Waals surface area contributed by atoms with E-state index in [2.05, 4.69) is 4.90 Å². The summed E-state index contributed by atoms with van der Waals surface area (Å²) in [5.74, 6) is 0.867. The van der Waals surface area contributed by atoms with Gasteiger partial charge in [0.05, 0.1) is 44.4 Å². The number of rotatable bonds is 7.